The Morgan fingerprint density at radius 1 is 1.21 bits per heavy atom. The number of hydrogen-bond acceptors (Lipinski definition) is 4. The highest BCUT2D eigenvalue weighted by Gasteiger charge is 2.31. The molecule has 1 amide bonds. The molecule has 5 heteroatoms. The van der Waals surface area contributed by atoms with Gasteiger partial charge in [-0.1, -0.05) is 35.9 Å². The second-order valence-electron chi connectivity index (χ2n) is 6.86. The lowest BCUT2D eigenvalue weighted by atomic mass is 10.1. The maximum absolute atomic E-state index is 12.5. The molecule has 0 bridgehead atoms. The third-order valence-electron chi connectivity index (χ3n) is 3.19. The summed E-state index contributed by atoms with van der Waals surface area (Å²) in [6.45, 7) is 11.1. The van der Waals surface area contributed by atoms with Crippen LogP contribution < -0.4 is 0 Å². The first kappa shape index (κ1) is 19.7. The van der Waals surface area contributed by atoms with Gasteiger partial charge in [-0.3, -0.25) is 4.90 Å². The Hall–Kier alpha value is -2.30. The van der Waals surface area contributed by atoms with Crippen LogP contribution in [0.4, 0.5) is 4.79 Å². The van der Waals surface area contributed by atoms with E-state index in [2.05, 4.69) is 6.58 Å². The van der Waals surface area contributed by atoms with E-state index in [4.69, 9.17) is 9.47 Å². The molecule has 1 atom stereocenters. The molecule has 0 aliphatic heterocycles. The van der Waals surface area contributed by atoms with Crippen molar-refractivity contribution in [3.05, 3.63) is 48.0 Å². The van der Waals surface area contributed by atoms with Crippen molar-refractivity contribution in [2.75, 3.05) is 7.05 Å². The zero-order chi connectivity index (χ0) is 18.3. The molecule has 1 rings (SSSR count). The highest BCUT2D eigenvalue weighted by molar-refractivity contribution is 5.81. The predicted molar refractivity (Wildman–Crippen MR) is 93.5 cm³/mol. The molecule has 0 fully saturated rings. The molecule has 0 aliphatic carbocycles. The monoisotopic (exact) mass is 333 g/mol. The Balaban J connectivity index is 2.77. The Labute approximate surface area is 144 Å². The number of carbonyl (C=O) groups excluding carboxylic acids is 2. The highest BCUT2D eigenvalue weighted by Crippen LogP contribution is 2.16. The van der Waals surface area contributed by atoms with E-state index in [0.29, 0.717) is 6.42 Å². The van der Waals surface area contributed by atoms with Crippen LogP contribution in [0.3, 0.4) is 0 Å². The van der Waals surface area contributed by atoms with Crippen molar-refractivity contribution in [3.63, 3.8) is 0 Å². The molecular weight excluding hydrogens is 306 g/mol. The average Bonchev–Trinajstić information content (AvgIpc) is 2.48. The molecule has 5 nitrogen and oxygen atoms in total. The molecule has 1 aromatic rings. The lowest BCUT2D eigenvalue weighted by molar-refractivity contribution is -0.150. The summed E-state index contributed by atoms with van der Waals surface area (Å²) in [5.74, 6) is -0.477. The molecule has 0 radical (unpaired) electrons. The number of hydrogen-bond donors (Lipinski definition) is 0. The smallest absolute Gasteiger partial charge is 0.410 e. The number of benzene rings is 1. The molecule has 132 valence electrons. The number of rotatable bonds is 6. The molecule has 0 heterocycles. The number of nitrogens with zero attached hydrogens (tertiary/aromatic N) is 1. The summed E-state index contributed by atoms with van der Waals surface area (Å²) >= 11 is 0. The van der Waals surface area contributed by atoms with Crippen LogP contribution >= 0.6 is 0 Å². The fourth-order valence-corrected chi connectivity index (χ4v) is 1.99. The molecule has 24 heavy (non-hydrogen) atoms. The molecule has 0 aliphatic rings. The first-order chi connectivity index (χ1) is 11.1. The number of likely N-dealkylation sites (N-methyl/N-ethyl adjacent to an activating group) is 1. The average molecular weight is 333 g/mol. The molecule has 0 saturated heterocycles. The largest absolute Gasteiger partial charge is 0.459 e. The van der Waals surface area contributed by atoms with Crippen molar-refractivity contribution >= 4 is 12.1 Å². The van der Waals surface area contributed by atoms with Crippen LogP contribution in [0.1, 0.15) is 39.7 Å². The molecule has 0 aromatic heterocycles. The summed E-state index contributed by atoms with van der Waals surface area (Å²) in [4.78, 5) is 25.9. The summed E-state index contributed by atoms with van der Waals surface area (Å²) in [5.41, 5.74) is 1.04. The van der Waals surface area contributed by atoms with Gasteiger partial charge in [-0.05, 0) is 39.7 Å². The number of esters is 1. The molecule has 0 saturated carbocycles. The van der Waals surface area contributed by atoms with Gasteiger partial charge < -0.3 is 9.47 Å². The first-order valence-corrected chi connectivity index (χ1v) is 7.91. The van der Waals surface area contributed by atoms with Crippen molar-refractivity contribution < 1.29 is 19.1 Å². The van der Waals surface area contributed by atoms with Gasteiger partial charge in [-0.15, -0.1) is 6.58 Å². The minimum absolute atomic E-state index is 0.161. The third-order valence-corrected chi connectivity index (χ3v) is 3.19. The lowest BCUT2D eigenvalue weighted by Crippen LogP contribution is -2.45. The van der Waals surface area contributed by atoms with Crippen LogP contribution in [0.15, 0.2) is 42.5 Å². The van der Waals surface area contributed by atoms with Gasteiger partial charge in [-0.25, -0.2) is 9.59 Å². The van der Waals surface area contributed by atoms with E-state index in [0.717, 1.165) is 11.1 Å². The maximum Gasteiger partial charge on any atom is 0.410 e. The molecule has 0 spiro atoms. The van der Waals surface area contributed by atoms with E-state index in [9.17, 15) is 9.59 Å². The molecule has 1 aromatic carbocycles. The molecule has 0 unspecified atom stereocenters. The Kier molecular flexibility index (Phi) is 7.01. The summed E-state index contributed by atoms with van der Waals surface area (Å²) in [6, 6.07) is 8.63. The predicted octanol–water partition coefficient (Wildman–Crippen LogP) is 3.93. The third kappa shape index (κ3) is 6.86. The lowest BCUT2D eigenvalue weighted by Gasteiger charge is -2.29. The quantitative estimate of drug-likeness (QED) is 0.584. The molecule has 0 N–H and O–H groups in total. The zero-order valence-electron chi connectivity index (χ0n) is 15.2. The highest BCUT2D eigenvalue weighted by atomic mass is 16.6. The van der Waals surface area contributed by atoms with Gasteiger partial charge in [-0.2, -0.15) is 0 Å². The summed E-state index contributed by atoms with van der Waals surface area (Å²) < 4.78 is 10.7. The fraction of sp³-hybridized carbons (Fsp3) is 0.474. The van der Waals surface area contributed by atoms with Crippen molar-refractivity contribution in [2.45, 2.75) is 52.4 Å². The number of carbonyl (C=O) groups is 2. The van der Waals surface area contributed by atoms with E-state index >= 15 is 0 Å². The van der Waals surface area contributed by atoms with E-state index in [1.165, 1.54) is 11.9 Å². The van der Waals surface area contributed by atoms with Crippen molar-refractivity contribution in [2.24, 2.45) is 0 Å². The van der Waals surface area contributed by atoms with Crippen LogP contribution in [0.5, 0.6) is 0 Å². The summed E-state index contributed by atoms with van der Waals surface area (Å²) in [6.07, 6.45) is -0.242. The van der Waals surface area contributed by atoms with Crippen LogP contribution in [-0.4, -0.2) is 35.7 Å². The van der Waals surface area contributed by atoms with Crippen molar-refractivity contribution in [3.8, 4) is 0 Å². The fourth-order valence-electron chi connectivity index (χ4n) is 1.99. The van der Waals surface area contributed by atoms with Crippen molar-refractivity contribution in [1.82, 2.24) is 4.90 Å². The Bertz CT molecular complexity index is 575. The second-order valence-corrected chi connectivity index (χ2v) is 6.86. The van der Waals surface area contributed by atoms with E-state index in [-0.39, 0.29) is 6.61 Å². The Morgan fingerprint density at radius 3 is 2.29 bits per heavy atom. The zero-order valence-corrected chi connectivity index (χ0v) is 15.2. The van der Waals surface area contributed by atoms with Gasteiger partial charge in [0.05, 0.1) is 0 Å². The van der Waals surface area contributed by atoms with E-state index < -0.39 is 23.7 Å². The van der Waals surface area contributed by atoms with Crippen molar-refractivity contribution in [1.29, 1.82) is 0 Å². The number of ether oxygens (including phenoxy) is 2. The minimum atomic E-state index is -0.763. The SMILES string of the molecule is C=C(C)C[C@@H](C(=O)OCc1ccccc1)N(C)C(=O)OC(C)(C)C. The standard InChI is InChI=1S/C19H27NO4/c1-14(2)12-16(20(6)18(22)24-19(3,4)5)17(21)23-13-15-10-8-7-9-11-15/h7-11,16H,1,12-13H2,2-6H3/t16-/m0/s1. The van der Waals surface area contributed by atoms with Gasteiger partial charge >= 0.3 is 12.1 Å². The number of amides is 1. The normalized spacial score (nSPS) is 12.2. The maximum atomic E-state index is 12.5. The van der Waals surface area contributed by atoms with Crippen LogP contribution in [0.25, 0.3) is 0 Å². The van der Waals surface area contributed by atoms with Gasteiger partial charge in [0.15, 0.2) is 0 Å². The van der Waals surface area contributed by atoms with Gasteiger partial charge in [0.2, 0.25) is 0 Å². The van der Waals surface area contributed by atoms with Gasteiger partial charge in [0, 0.05) is 7.05 Å². The minimum Gasteiger partial charge on any atom is -0.459 e. The van der Waals surface area contributed by atoms with E-state index in [1.807, 2.05) is 30.3 Å². The van der Waals surface area contributed by atoms with Crippen LogP contribution in [0, 0.1) is 0 Å². The second kappa shape index (κ2) is 8.52. The topological polar surface area (TPSA) is 55.8 Å². The summed E-state index contributed by atoms with van der Waals surface area (Å²) in [5, 5.41) is 0. The summed E-state index contributed by atoms with van der Waals surface area (Å²) in [7, 11) is 1.53. The van der Waals surface area contributed by atoms with Crippen LogP contribution in [0.2, 0.25) is 0 Å². The Morgan fingerprint density at radius 2 is 1.79 bits per heavy atom. The van der Waals surface area contributed by atoms with E-state index in [1.54, 1.807) is 27.7 Å². The first-order valence-electron chi connectivity index (χ1n) is 7.91. The molecular formula is C19H27NO4. The van der Waals surface area contributed by atoms with Crippen LogP contribution in [-0.2, 0) is 20.9 Å². The van der Waals surface area contributed by atoms with Gasteiger partial charge in [0.1, 0.15) is 18.2 Å². The van der Waals surface area contributed by atoms with Gasteiger partial charge in [0.25, 0.3) is 0 Å².